The number of carbonyl (C=O) groups excluding carboxylic acids is 2. The molecule has 3 heterocycles. The van der Waals surface area contributed by atoms with E-state index in [-0.39, 0.29) is 11.8 Å². The normalized spacial score (nSPS) is 23.5. The molecule has 5 rings (SSSR count). The number of carbonyl (C=O) groups is 2. The molecule has 166 valence electrons. The molecule has 1 spiro atoms. The zero-order chi connectivity index (χ0) is 22.3. The molecule has 3 aromatic rings. The van der Waals surface area contributed by atoms with Crippen LogP contribution in [0.15, 0.2) is 51.9 Å². The molecule has 9 nitrogen and oxygen atoms in total. The van der Waals surface area contributed by atoms with Crippen molar-refractivity contribution in [2.45, 2.75) is 29.7 Å². The number of urea groups is 1. The van der Waals surface area contributed by atoms with Gasteiger partial charge in [-0.2, -0.15) is 0 Å². The van der Waals surface area contributed by atoms with Gasteiger partial charge in [-0.25, -0.2) is 13.7 Å². The van der Waals surface area contributed by atoms with E-state index in [1.807, 2.05) is 24.3 Å². The molecule has 1 aliphatic carbocycles. The van der Waals surface area contributed by atoms with Crippen LogP contribution in [0.1, 0.15) is 19.3 Å². The Labute approximate surface area is 186 Å². The molecule has 0 bridgehead atoms. The van der Waals surface area contributed by atoms with Gasteiger partial charge in [0.05, 0.1) is 12.0 Å². The van der Waals surface area contributed by atoms with Crippen LogP contribution in [0.5, 0.6) is 5.75 Å². The Morgan fingerprint density at radius 1 is 1.28 bits per heavy atom. The SMILES string of the molecule is COc1ccc2oc(-c3ccc(S(=O)NCC4CCC5(C4)NC(=O)NC5=O)cn3)cc2c1. The molecular formula is C22H22N4O5S. The van der Waals surface area contributed by atoms with E-state index in [1.165, 1.54) is 0 Å². The van der Waals surface area contributed by atoms with Gasteiger partial charge in [0, 0.05) is 18.1 Å². The van der Waals surface area contributed by atoms with Crippen LogP contribution in [0.4, 0.5) is 4.79 Å². The number of fused-ring (bicyclic) bond motifs is 1. The van der Waals surface area contributed by atoms with Gasteiger partial charge in [-0.05, 0) is 61.6 Å². The van der Waals surface area contributed by atoms with Gasteiger partial charge in [-0.1, -0.05) is 0 Å². The molecule has 2 aliphatic rings. The number of nitrogens with zero attached hydrogens (tertiary/aromatic N) is 1. The molecule has 1 saturated heterocycles. The predicted octanol–water partition coefficient (Wildman–Crippen LogP) is 2.49. The number of ether oxygens (including phenoxy) is 1. The Balaban J connectivity index is 1.21. The van der Waals surface area contributed by atoms with Crippen molar-refractivity contribution in [2.75, 3.05) is 13.7 Å². The molecule has 3 atom stereocenters. The number of hydrogen-bond donors (Lipinski definition) is 3. The Morgan fingerprint density at radius 2 is 2.16 bits per heavy atom. The number of imide groups is 1. The summed E-state index contributed by atoms with van der Waals surface area (Å²) < 4.78 is 26.8. The van der Waals surface area contributed by atoms with E-state index in [2.05, 4.69) is 20.3 Å². The first-order valence-electron chi connectivity index (χ1n) is 10.3. The number of pyridine rings is 1. The zero-order valence-electron chi connectivity index (χ0n) is 17.3. The highest BCUT2D eigenvalue weighted by molar-refractivity contribution is 7.83. The fourth-order valence-electron chi connectivity index (χ4n) is 4.36. The van der Waals surface area contributed by atoms with Gasteiger partial charge < -0.3 is 14.5 Å². The van der Waals surface area contributed by atoms with Gasteiger partial charge in [0.25, 0.3) is 5.91 Å². The lowest BCUT2D eigenvalue weighted by atomic mass is 9.96. The number of methoxy groups -OCH3 is 1. The van der Waals surface area contributed by atoms with Crippen molar-refractivity contribution in [1.82, 2.24) is 20.3 Å². The molecule has 3 N–H and O–H groups in total. The molecule has 1 aliphatic heterocycles. The minimum Gasteiger partial charge on any atom is -0.497 e. The number of benzene rings is 1. The molecule has 3 unspecified atom stereocenters. The largest absolute Gasteiger partial charge is 0.497 e. The van der Waals surface area contributed by atoms with Gasteiger partial charge in [0.1, 0.15) is 33.6 Å². The van der Waals surface area contributed by atoms with Crippen LogP contribution in [0.2, 0.25) is 0 Å². The van der Waals surface area contributed by atoms with Crippen LogP contribution in [0.25, 0.3) is 22.4 Å². The topological polar surface area (TPSA) is 123 Å². The van der Waals surface area contributed by atoms with E-state index < -0.39 is 22.6 Å². The average Bonchev–Trinajstić information content (AvgIpc) is 3.48. The summed E-state index contributed by atoms with van der Waals surface area (Å²) in [5, 5.41) is 5.95. The monoisotopic (exact) mass is 454 g/mol. The molecule has 2 aromatic heterocycles. The first-order valence-corrected chi connectivity index (χ1v) is 11.4. The predicted molar refractivity (Wildman–Crippen MR) is 117 cm³/mol. The summed E-state index contributed by atoms with van der Waals surface area (Å²) in [4.78, 5) is 28.5. The minimum absolute atomic E-state index is 0.142. The third kappa shape index (κ3) is 3.76. The maximum atomic E-state index is 12.7. The van der Waals surface area contributed by atoms with Crippen molar-refractivity contribution in [3.63, 3.8) is 0 Å². The smallest absolute Gasteiger partial charge is 0.322 e. The molecule has 10 heteroatoms. The lowest BCUT2D eigenvalue weighted by Gasteiger charge is -2.19. The summed E-state index contributed by atoms with van der Waals surface area (Å²) in [6, 6.07) is 10.5. The Kier molecular flexibility index (Phi) is 5.18. The molecule has 1 aromatic carbocycles. The molecule has 32 heavy (non-hydrogen) atoms. The molecule has 3 amide bonds. The van der Waals surface area contributed by atoms with E-state index in [0.717, 1.165) is 23.1 Å². The minimum atomic E-state index is -1.44. The van der Waals surface area contributed by atoms with Crippen molar-refractivity contribution in [3.8, 4) is 17.2 Å². The summed E-state index contributed by atoms with van der Waals surface area (Å²) >= 11 is 0. The Morgan fingerprint density at radius 3 is 2.88 bits per heavy atom. The summed E-state index contributed by atoms with van der Waals surface area (Å²) in [6.07, 6.45) is 3.45. The lowest BCUT2D eigenvalue weighted by Crippen LogP contribution is -2.44. The maximum absolute atomic E-state index is 12.7. The van der Waals surface area contributed by atoms with Gasteiger partial charge in [0.2, 0.25) is 0 Å². The van der Waals surface area contributed by atoms with Crippen LogP contribution in [0, 0.1) is 5.92 Å². The standard InChI is InChI=1S/C22H22N4O5S/c1-30-15-2-5-18-14(8-15)9-19(31-18)17-4-3-16(12-23-17)32(29)24-11-13-6-7-22(10-13)20(27)25-21(28)26-22/h2-5,8-9,12-13,24H,6-7,10-11H2,1H3,(H2,25,26,27,28). The van der Waals surface area contributed by atoms with Crippen LogP contribution < -0.4 is 20.1 Å². The van der Waals surface area contributed by atoms with Crippen LogP contribution in [0.3, 0.4) is 0 Å². The number of nitrogens with one attached hydrogen (secondary N) is 3. The second-order valence-corrected chi connectivity index (χ2v) is 9.41. The van der Waals surface area contributed by atoms with E-state index in [9.17, 15) is 13.8 Å². The molecule has 0 radical (unpaired) electrons. The third-order valence-electron chi connectivity index (χ3n) is 6.06. The number of hydrogen-bond acceptors (Lipinski definition) is 6. The Hall–Kier alpha value is -3.24. The summed E-state index contributed by atoms with van der Waals surface area (Å²) in [5.74, 6) is 1.24. The van der Waals surface area contributed by atoms with Crippen molar-refractivity contribution in [1.29, 1.82) is 0 Å². The highest BCUT2D eigenvalue weighted by Crippen LogP contribution is 2.36. The second kappa shape index (κ2) is 8.03. The summed E-state index contributed by atoms with van der Waals surface area (Å²) in [6.45, 7) is 0.477. The van der Waals surface area contributed by atoms with Gasteiger partial charge in [0.15, 0.2) is 5.76 Å². The number of furan rings is 1. The second-order valence-electron chi connectivity index (χ2n) is 8.11. The van der Waals surface area contributed by atoms with E-state index in [1.54, 1.807) is 25.4 Å². The van der Waals surface area contributed by atoms with E-state index in [0.29, 0.717) is 35.7 Å². The van der Waals surface area contributed by atoms with Crippen LogP contribution in [-0.4, -0.2) is 40.3 Å². The quantitative estimate of drug-likeness (QED) is 0.492. The van der Waals surface area contributed by atoms with E-state index >= 15 is 0 Å². The fraction of sp³-hybridized carbons (Fsp3) is 0.318. The Bertz CT molecular complexity index is 1220. The maximum Gasteiger partial charge on any atom is 0.322 e. The van der Waals surface area contributed by atoms with Crippen molar-refractivity contribution < 1.29 is 23.0 Å². The number of aromatic nitrogens is 1. The highest BCUT2D eigenvalue weighted by atomic mass is 32.2. The lowest BCUT2D eigenvalue weighted by molar-refractivity contribution is -0.123. The van der Waals surface area contributed by atoms with Crippen molar-refractivity contribution >= 4 is 33.9 Å². The van der Waals surface area contributed by atoms with Crippen molar-refractivity contribution in [2.24, 2.45) is 5.92 Å². The number of rotatable bonds is 6. The first kappa shape index (κ1) is 20.7. The van der Waals surface area contributed by atoms with Gasteiger partial charge in [-0.15, -0.1) is 0 Å². The summed E-state index contributed by atoms with van der Waals surface area (Å²) in [5.41, 5.74) is 0.560. The number of amides is 3. The average molecular weight is 455 g/mol. The van der Waals surface area contributed by atoms with E-state index in [4.69, 9.17) is 9.15 Å². The molecular weight excluding hydrogens is 432 g/mol. The fourth-order valence-corrected chi connectivity index (χ4v) is 5.25. The van der Waals surface area contributed by atoms with Crippen molar-refractivity contribution in [3.05, 3.63) is 42.6 Å². The highest BCUT2D eigenvalue weighted by Gasteiger charge is 2.50. The first-order chi connectivity index (χ1) is 15.5. The van der Waals surface area contributed by atoms with Crippen LogP contribution >= 0.6 is 0 Å². The van der Waals surface area contributed by atoms with Gasteiger partial charge in [-0.3, -0.25) is 15.1 Å². The zero-order valence-corrected chi connectivity index (χ0v) is 18.2. The third-order valence-corrected chi connectivity index (χ3v) is 7.16. The summed E-state index contributed by atoms with van der Waals surface area (Å²) in [7, 11) is 0.176. The molecule has 2 fully saturated rings. The molecule has 1 saturated carbocycles. The van der Waals surface area contributed by atoms with Gasteiger partial charge >= 0.3 is 6.03 Å². The van der Waals surface area contributed by atoms with Crippen LogP contribution in [-0.2, 0) is 15.8 Å².